The Morgan fingerprint density at radius 3 is 2.19 bits per heavy atom. The van der Waals surface area contributed by atoms with Crippen LogP contribution in [0.15, 0.2) is 53.7 Å². The molecule has 0 aliphatic rings. The average Bonchev–Trinajstić information content (AvgIpc) is 3.00. The highest BCUT2D eigenvalue weighted by Gasteiger charge is 2.18. The van der Waals surface area contributed by atoms with Gasteiger partial charge in [0.2, 0.25) is 0 Å². The Balaban J connectivity index is 2.30. The highest BCUT2D eigenvalue weighted by molar-refractivity contribution is 9.14. The van der Waals surface area contributed by atoms with Gasteiger partial charge in [-0.3, -0.25) is 0 Å². The second kappa shape index (κ2) is 6.58. The van der Waals surface area contributed by atoms with Crippen LogP contribution < -0.4 is 0 Å². The van der Waals surface area contributed by atoms with E-state index < -0.39 is 0 Å². The van der Waals surface area contributed by atoms with Crippen molar-refractivity contribution < 1.29 is 0 Å². The first-order chi connectivity index (χ1) is 10.1. The Kier molecular flexibility index (Phi) is 4.95. The van der Waals surface area contributed by atoms with Crippen molar-refractivity contribution in [1.29, 1.82) is 0 Å². The van der Waals surface area contributed by atoms with Gasteiger partial charge in [-0.2, -0.15) is 0 Å². The number of nitrogens with zero attached hydrogens (tertiary/aromatic N) is 2. The maximum Gasteiger partial charge on any atom is 0.148 e. The fourth-order valence-electron chi connectivity index (χ4n) is 1.93. The summed E-state index contributed by atoms with van der Waals surface area (Å²) in [4.78, 5) is 0. The summed E-state index contributed by atoms with van der Waals surface area (Å²) < 4.78 is 3.96. The zero-order chi connectivity index (χ0) is 15.0. The predicted octanol–water partition coefficient (Wildman–Crippen LogP) is 6.92. The van der Waals surface area contributed by atoms with E-state index >= 15 is 0 Å². The zero-order valence-electron chi connectivity index (χ0n) is 10.3. The van der Waals surface area contributed by atoms with Gasteiger partial charge in [0, 0.05) is 23.5 Å². The highest BCUT2D eigenvalue weighted by atomic mass is 79.9. The molecule has 1 heterocycles. The van der Waals surface area contributed by atoms with E-state index in [-0.39, 0.29) is 0 Å². The fraction of sp³-hybridized carbons (Fsp3) is 0. The standard InChI is InChI=1S/C14H6Br4N2S/c15-10-4-2-1-3-7(10)8-5-9(14-20-19-6-21-14)12(17)13(18)11(8)16/h1-6H. The largest absolute Gasteiger partial charge is 0.148 e. The van der Waals surface area contributed by atoms with Gasteiger partial charge in [-0.25, -0.2) is 0 Å². The van der Waals surface area contributed by atoms with Crippen molar-refractivity contribution in [3.05, 3.63) is 53.7 Å². The Morgan fingerprint density at radius 2 is 1.52 bits per heavy atom. The lowest BCUT2D eigenvalue weighted by molar-refractivity contribution is 1.09. The maximum atomic E-state index is 4.17. The van der Waals surface area contributed by atoms with Crippen LogP contribution in [0.2, 0.25) is 0 Å². The minimum absolute atomic E-state index is 0.878. The third-order valence-electron chi connectivity index (χ3n) is 2.90. The molecule has 0 aliphatic heterocycles. The van der Waals surface area contributed by atoms with Crippen molar-refractivity contribution in [2.75, 3.05) is 0 Å². The molecule has 1 aromatic heterocycles. The topological polar surface area (TPSA) is 25.8 Å². The Labute approximate surface area is 159 Å². The molecule has 7 heteroatoms. The average molecular weight is 554 g/mol. The molecule has 0 N–H and O–H groups in total. The molecule has 3 aromatic rings. The van der Waals surface area contributed by atoms with Crippen LogP contribution >= 0.6 is 75.1 Å². The highest BCUT2D eigenvalue weighted by Crippen LogP contribution is 2.45. The van der Waals surface area contributed by atoms with Gasteiger partial charge in [-0.1, -0.05) is 45.5 Å². The summed E-state index contributed by atoms with van der Waals surface area (Å²) in [5.74, 6) is 0. The van der Waals surface area contributed by atoms with Gasteiger partial charge in [0.1, 0.15) is 10.5 Å². The molecule has 0 atom stereocenters. The van der Waals surface area contributed by atoms with E-state index in [4.69, 9.17) is 0 Å². The second-order valence-electron chi connectivity index (χ2n) is 4.14. The molecule has 2 nitrogen and oxygen atoms in total. The Hall–Kier alpha value is -0.0800. The Bertz CT molecular complexity index is 803. The van der Waals surface area contributed by atoms with Gasteiger partial charge in [-0.15, -0.1) is 10.2 Å². The van der Waals surface area contributed by atoms with E-state index in [0.717, 1.165) is 39.6 Å². The summed E-state index contributed by atoms with van der Waals surface area (Å²) in [6.45, 7) is 0. The summed E-state index contributed by atoms with van der Waals surface area (Å²) >= 11 is 16.1. The first-order valence-corrected chi connectivity index (χ1v) is 9.83. The lowest BCUT2D eigenvalue weighted by Gasteiger charge is -2.13. The van der Waals surface area contributed by atoms with Crippen LogP contribution in [0.4, 0.5) is 0 Å². The maximum absolute atomic E-state index is 4.17. The molecule has 0 saturated carbocycles. The molecule has 0 fully saturated rings. The third-order valence-corrected chi connectivity index (χ3v) is 7.82. The molecule has 0 saturated heterocycles. The number of benzene rings is 2. The zero-order valence-corrected chi connectivity index (χ0v) is 17.4. The number of hydrogen-bond donors (Lipinski definition) is 0. The van der Waals surface area contributed by atoms with Crippen LogP contribution in [-0.4, -0.2) is 10.2 Å². The summed E-state index contributed by atoms with van der Waals surface area (Å²) in [6.07, 6.45) is 0. The molecule has 2 aromatic carbocycles. The van der Waals surface area contributed by atoms with Gasteiger partial charge in [0.25, 0.3) is 0 Å². The number of hydrogen-bond acceptors (Lipinski definition) is 3. The van der Waals surface area contributed by atoms with Crippen molar-refractivity contribution in [2.24, 2.45) is 0 Å². The van der Waals surface area contributed by atoms with Crippen LogP contribution in [0, 0.1) is 0 Å². The minimum Gasteiger partial charge on any atom is -0.147 e. The number of aromatic nitrogens is 2. The predicted molar refractivity (Wildman–Crippen MR) is 102 cm³/mol. The van der Waals surface area contributed by atoms with E-state index in [1.807, 2.05) is 18.2 Å². The monoisotopic (exact) mass is 550 g/mol. The van der Waals surface area contributed by atoms with Gasteiger partial charge < -0.3 is 0 Å². The van der Waals surface area contributed by atoms with E-state index in [1.54, 1.807) is 5.51 Å². The minimum atomic E-state index is 0.878. The molecule has 106 valence electrons. The van der Waals surface area contributed by atoms with Crippen LogP contribution in [0.25, 0.3) is 21.7 Å². The van der Waals surface area contributed by atoms with Crippen molar-refractivity contribution in [1.82, 2.24) is 10.2 Å². The summed E-state index contributed by atoms with van der Waals surface area (Å²) in [5, 5.41) is 8.97. The van der Waals surface area contributed by atoms with Crippen LogP contribution in [0.5, 0.6) is 0 Å². The van der Waals surface area contributed by atoms with Gasteiger partial charge in [0.05, 0.1) is 0 Å². The van der Waals surface area contributed by atoms with Gasteiger partial charge in [0.15, 0.2) is 0 Å². The molecular weight excluding hydrogens is 548 g/mol. The van der Waals surface area contributed by atoms with Crippen molar-refractivity contribution in [3.8, 4) is 21.7 Å². The fourth-order valence-corrected chi connectivity index (χ4v) is 4.85. The Morgan fingerprint density at radius 1 is 0.810 bits per heavy atom. The molecular formula is C14H6Br4N2S. The molecule has 0 spiro atoms. The van der Waals surface area contributed by atoms with Crippen molar-refractivity contribution in [2.45, 2.75) is 0 Å². The van der Waals surface area contributed by atoms with Crippen molar-refractivity contribution >= 4 is 75.1 Å². The molecule has 0 bridgehead atoms. The quantitative estimate of drug-likeness (QED) is 0.322. The smallest absolute Gasteiger partial charge is 0.147 e. The van der Waals surface area contributed by atoms with Gasteiger partial charge in [-0.05, 0) is 71.0 Å². The molecule has 3 rings (SSSR count). The SMILES string of the molecule is Brc1ccccc1-c1cc(-c2nncs2)c(Br)c(Br)c1Br. The second-order valence-corrected chi connectivity index (χ2v) is 8.20. The number of rotatable bonds is 2. The molecule has 21 heavy (non-hydrogen) atoms. The van der Waals surface area contributed by atoms with E-state index in [1.165, 1.54) is 11.3 Å². The van der Waals surface area contributed by atoms with Crippen LogP contribution in [0.3, 0.4) is 0 Å². The normalized spacial score (nSPS) is 10.9. The van der Waals surface area contributed by atoms with Crippen LogP contribution in [0.1, 0.15) is 0 Å². The lowest BCUT2D eigenvalue weighted by atomic mass is 10.0. The molecule has 0 aliphatic carbocycles. The first-order valence-electron chi connectivity index (χ1n) is 5.78. The van der Waals surface area contributed by atoms with E-state index in [0.29, 0.717) is 0 Å². The van der Waals surface area contributed by atoms with E-state index in [2.05, 4.69) is 86.0 Å². The summed E-state index contributed by atoms with van der Waals surface area (Å²) in [5.41, 5.74) is 4.94. The van der Waals surface area contributed by atoms with E-state index in [9.17, 15) is 0 Å². The molecule has 0 radical (unpaired) electrons. The summed E-state index contributed by atoms with van der Waals surface area (Å²) in [7, 11) is 0. The van der Waals surface area contributed by atoms with Crippen LogP contribution in [-0.2, 0) is 0 Å². The summed E-state index contributed by atoms with van der Waals surface area (Å²) in [6, 6.07) is 10.2. The number of halogens is 4. The first kappa shape index (κ1) is 15.8. The molecule has 0 amide bonds. The third kappa shape index (κ3) is 3.03. The molecule has 0 unspecified atom stereocenters. The lowest BCUT2D eigenvalue weighted by Crippen LogP contribution is -1.89. The van der Waals surface area contributed by atoms with Crippen molar-refractivity contribution in [3.63, 3.8) is 0 Å². The van der Waals surface area contributed by atoms with Gasteiger partial charge >= 0.3 is 0 Å².